The maximum Gasteiger partial charge on any atom is 0.146 e. The molecule has 5 rings (SSSR count). The Balaban J connectivity index is 2.01. The van der Waals surface area contributed by atoms with Gasteiger partial charge >= 0.3 is 0 Å². The third-order valence-corrected chi connectivity index (χ3v) is 21.6. The minimum Gasteiger partial charge on any atom is -0.126 e. The number of rotatable bonds is 6. The monoisotopic (exact) mass is 596 g/mol. The van der Waals surface area contributed by atoms with Gasteiger partial charge in [-0.3, -0.25) is 0 Å². The average molecular weight is 597 g/mol. The Morgan fingerprint density at radius 1 is 0.488 bits per heavy atom. The smallest absolute Gasteiger partial charge is 0.126 e. The van der Waals surface area contributed by atoms with Crippen molar-refractivity contribution in [2.45, 2.75) is 97.1 Å². The molecular weight excluding hydrogens is 549 g/mol. The number of hydrogen-bond donors (Lipinski definition) is 0. The van der Waals surface area contributed by atoms with Crippen LogP contribution in [0.4, 0.5) is 0 Å². The molecule has 0 bridgehead atoms. The van der Waals surface area contributed by atoms with Gasteiger partial charge in [-0.25, -0.2) is 0 Å². The first-order chi connectivity index (χ1) is 20.6. The molecule has 0 N–H and O–H groups in total. The van der Waals surface area contributed by atoms with Gasteiger partial charge in [-0.15, -0.1) is 11.1 Å². The number of hydrogen-bond acceptors (Lipinski definition) is 0. The second-order valence-corrected chi connectivity index (χ2v) is 24.0. The number of benzene rings is 5. The van der Waals surface area contributed by atoms with Crippen molar-refractivity contribution in [3.8, 4) is 22.9 Å². The predicted octanol–water partition coefficient (Wildman–Crippen LogP) is 12.3. The van der Waals surface area contributed by atoms with Crippen LogP contribution in [0.3, 0.4) is 0 Å². The van der Waals surface area contributed by atoms with Crippen LogP contribution >= 0.6 is 0 Å². The molecule has 2 heteroatoms. The van der Waals surface area contributed by atoms with E-state index in [0.717, 1.165) is 0 Å². The normalized spacial score (nSPS) is 12.4. The Bertz CT molecular complexity index is 1800. The van der Waals surface area contributed by atoms with E-state index < -0.39 is 16.1 Å². The molecule has 0 radical (unpaired) electrons. The summed E-state index contributed by atoms with van der Waals surface area (Å²) in [5.74, 6) is 7.83. The first-order valence-electron chi connectivity index (χ1n) is 16.5. The molecule has 43 heavy (non-hydrogen) atoms. The van der Waals surface area contributed by atoms with Crippen LogP contribution in [-0.2, 0) is 0 Å². The Morgan fingerprint density at radius 3 is 1.07 bits per heavy atom. The van der Waals surface area contributed by atoms with E-state index in [1.807, 2.05) is 0 Å². The lowest BCUT2D eigenvalue weighted by molar-refractivity contribution is 0.838. The third-order valence-electron chi connectivity index (χ3n) is 10.6. The summed E-state index contributed by atoms with van der Waals surface area (Å²) in [5.41, 5.74) is 12.2. The van der Waals surface area contributed by atoms with E-state index in [0.29, 0.717) is 16.6 Å². The topological polar surface area (TPSA) is 0 Å². The summed E-state index contributed by atoms with van der Waals surface area (Å²) in [7, 11) is -3.60. The molecule has 0 nitrogen and oxygen atoms in total. The molecule has 0 saturated carbocycles. The Hall–Kier alpha value is -3.31. The highest BCUT2D eigenvalue weighted by Crippen LogP contribution is 2.42. The average Bonchev–Trinajstić information content (AvgIpc) is 3.00. The van der Waals surface area contributed by atoms with Crippen molar-refractivity contribution in [3.05, 3.63) is 83.9 Å². The van der Waals surface area contributed by atoms with E-state index in [4.69, 9.17) is 0 Å². The zero-order chi connectivity index (χ0) is 30.9. The lowest BCUT2D eigenvalue weighted by Gasteiger charge is -2.38. The van der Waals surface area contributed by atoms with Crippen molar-refractivity contribution in [1.29, 1.82) is 0 Å². The van der Waals surface area contributed by atoms with Crippen LogP contribution in [0.25, 0.3) is 43.1 Å². The van der Waals surface area contributed by atoms with Crippen molar-refractivity contribution >= 4 is 59.2 Å². The molecular formula is C41H48Si2. The van der Waals surface area contributed by atoms with E-state index in [1.54, 1.807) is 0 Å². The van der Waals surface area contributed by atoms with Gasteiger partial charge in [0.1, 0.15) is 16.1 Å². The van der Waals surface area contributed by atoms with Gasteiger partial charge in [0.05, 0.1) is 0 Å². The van der Waals surface area contributed by atoms with Gasteiger partial charge in [0.15, 0.2) is 0 Å². The molecule has 5 aromatic rings. The van der Waals surface area contributed by atoms with Gasteiger partial charge < -0.3 is 0 Å². The van der Waals surface area contributed by atoms with E-state index in [9.17, 15) is 0 Å². The molecule has 0 saturated heterocycles. The summed E-state index contributed by atoms with van der Waals surface area (Å²) >= 11 is 0. The first kappa shape index (κ1) is 31.1. The summed E-state index contributed by atoms with van der Waals surface area (Å²) in [6.07, 6.45) is 0. The van der Waals surface area contributed by atoms with E-state index >= 15 is 0 Å². The fourth-order valence-electron chi connectivity index (χ4n) is 7.68. The zero-order valence-electron chi connectivity index (χ0n) is 27.8. The SMILES string of the molecule is CC[Si](C#Cc1c2cc3ccccc3cc2c(C#C[Si](C(C)C)(C(C)C)C(C)C)c2cc3ccccc3cc12)(CC)CC. The summed E-state index contributed by atoms with van der Waals surface area (Å²) in [6, 6.07) is 30.7. The second-order valence-electron chi connectivity index (χ2n) is 13.5. The molecule has 0 aliphatic rings. The summed E-state index contributed by atoms with van der Waals surface area (Å²) in [6.45, 7) is 21.5. The maximum absolute atomic E-state index is 4.09. The fourth-order valence-corrected chi connectivity index (χ4v) is 15.3. The molecule has 0 heterocycles. The van der Waals surface area contributed by atoms with E-state index in [1.165, 1.54) is 72.3 Å². The van der Waals surface area contributed by atoms with Crippen LogP contribution in [0.5, 0.6) is 0 Å². The third kappa shape index (κ3) is 5.46. The van der Waals surface area contributed by atoms with E-state index in [2.05, 4.69) is 158 Å². The van der Waals surface area contributed by atoms with Crippen LogP contribution in [0.2, 0.25) is 34.8 Å². The summed E-state index contributed by atoms with van der Waals surface area (Å²) < 4.78 is 0. The van der Waals surface area contributed by atoms with Crippen LogP contribution in [-0.4, -0.2) is 16.1 Å². The lowest BCUT2D eigenvalue weighted by Crippen LogP contribution is -2.43. The van der Waals surface area contributed by atoms with Crippen molar-refractivity contribution in [3.63, 3.8) is 0 Å². The molecule has 220 valence electrons. The highest BCUT2D eigenvalue weighted by molar-refractivity contribution is 6.90. The molecule has 0 spiro atoms. The van der Waals surface area contributed by atoms with Gasteiger partial charge in [0, 0.05) is 11.1 Å². The molecule has 0 atom stereocenters. The largest absolute Gasteiger partial charge is 0.146 e. The Kier molecular flexibility index (Phi) is 8.95. The quantitative estimate of drug-likeness (QED) is 0.104. The van der Waals surface area contributed by atoms with Crippen LogP contribution < -0.4 is 0 Å². The van der Waals surface area contributed by atoms with Crippen molar-refractivity contribution in [2.24, 2.45) is 0 Å². The molecule has 0 aliphatic carbocycles. The van der Waals surface area contributed by atoms with Gasteiger partial charge in [0.25, 0.3) is 0 Å². The second kappa shape index (κ2) is 12.4. The molecule has 0 amide bonds. The van der Waals surface area contributed by atoms with Crippen molar-refractivity contribution in [2.75, 3.05) is 0 Å². The maximum atomic E-state index is 4.09. The molecule has 0 fully saturated rings. The molecule has 0 aliphatic heterocycles. The van der Waals surface area contributed by atoms with Gasteiger partial charge in [-0.1, -0.05) is 123 Å². The van der Waals surface area contributed by atoms with Crippen molar-refractivity contribution < 1.29 is 0 Å². The minimum atomic E-state index is -1.94. The molecule has 5 aromatic carbocycles. The highest BCUT2D eigenvalue weighted by atomic mass is 28.3. The van der Waals surface area contributed by atoms with Gasteiger partial charge in [0.2, 0.25) is 0 Å². The van der Waals surface area contributed by atoms with E-state index in [-0.39, 0.29) is 0 Å². The van der Waals surface area contributed by atoms with Crippen molar-refractivity contribution in [1.82, 2.24) is 0 Å². The Morgan fingerprint density at radius 2 is 0.791 bits per heavy atom. The summed E-state index contributed by atoms with van der Waals surface area (Å²) in [5, 5.41) is 10.0. The highest BCUT2D eigenvalue weighted by Gasteiger charge is 2.41. The zero-order valence-corrected chi connectivity index (χ0v) is 29.8. The van der Waals surface area contributed by atoms with Gasteiger partial charge in [-0.2, -0.15) is 0 Å². The molecule has 0 unspecified atom stereocenters. The van der Waals surface area contributed by atoms with Crippen LogP contribution in [0, 0.1) is 22.9 Å². The standard InChI is InChI=1S/C41H48Si2/c1-10-42(11-2,12-3)23-21-36-38-25-32-17-13-15-19-34(32)27-40(38)37(22-24-43(29(4)5,30(6)7)31(8)9)41-28-35-20-16-14-18-33(35)26-39(36)41/h13-20,25-31H,10-12H2,1-9H3. The number of fused-ring (bicyclic) bond motifs is 4. The molecule has 0 aromatic heterocycles. The Labute approximate surface area is 262 Å². The lowest BCUT2D eigenvalue weighted by atomic mass is 9.89. The van der Waals surface area contributed by atoms with Crippen LogP contribution in [0.1, 0.15) is 73.4 Å². The fraction of sp³-hybridized carbons (Fsp3) is 0.366. The minimum absolute atomic E-state index is 0.583. The first-order valence-corrected chi connectivity index (χ1v) is 21.3. The predicted molar refractivity (Wildman–Crippen MR) is 198 cm³/mol. The van der Waals surface area contributed by atoms with Crippen LogP contribution in [0.15, 0.2) is 72.8 Å². The van der Waals surface area contributed by atoms with Gasteiger partial charge in [-0.05, 0) is 102 Å². The summed E-state index contributed by atoms with van der Waals surface area (Å²) in [4.78, 5) is 0.